The molecule has 0 bridgehead atoms. The van der Waals surface area contributed by atoms with Gasteiger partial charge in [0.15, 0.2) is 0 Å². The van der Waals surface area contributed by atoms with Crippen LogP contribution in [0, 0.1) is 6.92 Å². The van der Waals surface area contributed by atoms with Gasteiger partial charge in [-0.2, -0.15) is 8.42 Å². The van der Waals surface area contributed by atoms with Crippen LogP contribution in [0.1, 0.15) is 5.56 Å². The maximum absolute atomic E-state index is 12.6. The number of ether oxygens (including phenoxy) is 1. The van der Waals surface area contributed by atoms with Crippen LogP contribution in [-0.4, -0.2) is 15.5 Å². The van der Waals surface area contributed by atoms with Gasteiger partial charge in [-0.1, -0.05) is 12.1 Å². The van der Waals surface area contributed by atoms with Crippen LogP contribution in [0.5, 0.6) is 5.75 Å². The SMILES string of the molecule is COc1c(C)cccc1S(=O)(=O)F. The van der Waals surface area contributed by atoms with E-state index < -0.39 is 15.1 Å². The van der Waals surface area contributed by atoms with Gasteiger partial charge in [-0.05, 0) is 18.6 Å². The lowest BCUT2D eigenvalue weighted by Gasteiger charge is -2.06. The maximum atomic E-state index is 12.6. The summed E-state index contributed by atoms with van der Waals surface area (Å²) in [4.78, 5) is -0.421. The Bertz CT molecular complexity index is 411. The number of halogens is 1. The minimum atomic E-state index is -4.69. The van der Waals surface area contributed by atoms with Gasteiger partial charge < -0.3 is 4.74 Å². The number of aryl methyl sites for hydroxylation is 1. The Hall–Kier alpha value is -1.10. The largest absolute Gasteiger partial charge is 0.495 e. The Morgan fingerprint density at radius 1 is 1.38 bits per heavy atom. The molecule has 0 heterocycles. The lowest BCUT2D eigenvalue weighted by Crippen LogP contribution is -1.98. The van der Waals surface area contributed by atoms with Gasteiger partial charge >= 0.3 is 10.2 Å². The Balaban J connectivity index is 3.47. The molecule has 0 saturated carbocycles. The number of hydrogen-bond donors (Lipinski definition) is 0. The van der Waals surface area contributed by atoms with Crippen LogP contribution in [0.15, 0.2) is 23.1 Å². The number of benzene rings is 1. The van der Waals surface area contributed by atoms with E-state index in [1.54, 1.807) is 13.0 Å². The van der Waals surface area contributed by atoms with Crippen LogP contribution >= 0.6 is 0 Å². The quantitative estimate of drug-likeness (QED) is 0.688. The molecule has 1 aromatic rings. The van der Waals surface area contributed by atoms with Crippen molar-refractivity contribution in [1.82, 2.24) is 0 Å². The molecule has 0 fully saturated rings. The molecule has 0 atom stereocenters. The second-order valence-corrected chi connectivity index (χ2v) is 3.86. The zero-order valence-electron chi connectivity index (χ0n) is 7.24. The van der Waals surface area contributed by atoms with E-state index >= 15 is 0 Å². The van der Waals surface area contributed by atoms with Crippen LogP contribution in [0.2, 0.25) is 0 Å². The standard InChI is InChI=1S/C8H9FO3S/c1-6-4-3-5-7(8(6)12-2)13(9,10)11/h3-5H,1-2H3. The van der Waals surface area contributed by atoms with E-state index in [9.17, 15) is 12.3 Å². The highest BCUT2D eigenvalue weighted by molar-refractivity contribution is 7.86. The third kappa shape index (κ3) is 1.98. The smallest absolute Gasteiger partial charge is 0.335 e. The van der Waals surface area contributed by atoms with Gasteiger partial charge in [0, 0.05) is 0 Å². The summed E-state index contributed by atoms with van der Waals surface area (Å²) >= 11 is 0. The highest BCUT2D eigenvalue weighted by atomic mass is 32.3. The lowest BCUT2D eigenvalue weighted by atomic mass is 10.2. The topological polar surface area (TPSA) is 43.4 Å². The predicted molar refractivity (Wildman–Crippen MR) is 46.0 cm³/mol. The van der Waals surface area contributed by atoms with Crippen LogP contribution in [0.25, 0.3) is 0 Å². The molecule has 0 unspecified atom stereocenters. The molecule has 1 aromatic carbocycles. The van der Waals surface area contributed by atoms with Gasteiger partial charge in [-0.25, -0.2) is 0 Å². The summed E-state index contributed by atoms with van der Waals surface area (Å²) < 4.78 is 38.7. The van der Waals surface area contributed by atoms with Crippen LogP contribution in [0.4, 0.5) is 3.89 Å². The molecule has 1 rings (SSSR count). The summed E-state index contributed by atoms with van der Waals surface area (Å²) in [5.41, 5.74) is 0.584. The molecule has 72 valence electrons. The Morgan fingerprint density at radius 3 is 2.38 bits per heavy atom. The van der Waals surface area contributed by atoms with Gasteiger partial charge in [0.1, 0.15) is 10.6 Å². The minimum Gasteiger partial charge on any atom is -0.495 e. The molecule has 0 spiro atoms. The van der Waals surface area contributed by atoms with E-state index in [1.807, 2.05) is 0 Å². The van der Waals surface area contributed by atoms with E-state index in [0.717, 1.165) is 0 Å². The summed E-state index contributed by atoms with van der Waals surface area (Å²) in [6.45, 7) is 1.65. The van der Waals surface area contributed by atoms with Gasteiger partial charge in [0.25, 0.3) is 0 Å². The van der Waals surface area contributed by atoms with Gasteiger partial charge in [0.2, 0.25) is 0 Å². The fourth-order valence-electron chi connectivity index (χ4n) is 1.08. The lowest BCUT2D eigenvalue weighted by molar-refractivity contribution is 0.398. The third-order valence-corrected chi connectivity index (χ3v) is 2.49. The Morgan fingerprint density at radius 2 is 2.00 bits per heavy atom. The van der Waals surface area contributed by atoms with Crippen molar-refractivity contribution in [2.24, 2.45) is 0 Å². The third-order valence-electron chi connectivity index (χ3n) is 1.64. The molecule has 0 aliphatic carbocycles. The second-order valence-electron chi connectivity index (χ2n) is 2.54. The van der Waals surface area contributed by atoms with Crippen LogP contribution < -0.4 is 4.74 Å². The van der Waals surface area contributed by atoms with Crippen molar-refractivity contribution in [2.45, 2.75) is 11.8 Å². The van der Waals surface area contributed by atoms with Crippen molar-refractivity contribution in [3.05, 3.63) is 23.8 Å². The molecular formula is C8H9FO3S. The number of para-hydroxylation sites is 1. The molecule has 0 saturated heterocycles. The van der Waals surface area contributed by atoms with Gasteiger partial charge in [-0.15, -0.1) is 3.89 Å². The average Bonchev–Trinajstić information content (AvgIpc) is 2.02. The summed E-state index contributed by atoms with van der Waals surface area (Å²) in [7, 11) is -3.39. The second kappa shape index (κ2) is 3.33. The monoisotopic (exact) mass is 204 g/mol. The van der Waals surface area contributed by atoms with E-state index in [1.165, 1.54) is 19.2 Å². The molecule has 3 nitrogen and oxygen atoms in total. The first-order valence-electron chi connectivity index (χ1n) is 3.55. The highest BCUT2D eigenvalue weighted by Gasteiger charge is 2.18. The normalized spacial score (nSPS) is 11.3. The fourth-order valence-corrected chi connectivity index (χ4v) is 1.79. The first-order valence-corrected chi connectivity index (χ1v) is 4.93. The molecule has 0 aromatic heterocycles. The molecule has 5 heteroatoms. The Labute approximate surface area is 76.4 Å². The molecule has 13 heavy (non-hydrogen) atoms. The molecule has 0 amide bonds. The van der Waals surface area contributed by atoms with Crippen molar-refractivity contribution in [3.8, 4) is 5.75 Å². The van der Waals surface area contributed by atoms with E-state index in [2.05, 4.69) is 0 Å². The van der Waals surface area contributed by atoms with Gasteiger partial charge in [-0.3, -0.25) is 0 Å². The predicted octanol–water partition coefficient (Wildman–Crippen LogP) is 1.66. The van der Waals surface area contributed by atoms with Crippen LogP contribution in [0.3, 0.4) is 0 Å². The van der Waals surface area contributed by atoms with Crippen molar-refractivity contribution in [1.29, 1.82) is 0 Å². The van der Waals surface area contributed by atoms with Crippen molar-refractivity contribution >= 4 is 10.2 Å². The molecule has 0 aliphatic rings. The molecule has 0 radical (unpaired) electrons. The van der Waals surface area contributed by atoms with Crippen molar-refractivity contribution < 1.29 is 17.0 Å². The summed E-state index contributed by atoms with van der Waals surface area (Å²) in [6, 6.07) is 4.28. The minimum absolute atomic E-state index is 0.0602. The van der Waals surface area contributed by atoms with Gasteiger partial charge in [0.05, 0.1) is 7.11 Å². The zero-order chi connectivity index (χ0) is 10.1. The van der Waals surface area contributed by atoms with E-state index in [-0.39, 0.29) is 5.75 Å². The number of methoxy groups -OCH3 is 1. The summed E-state index contributed by atoms with van der Waals surface area (Å²) in [6.07, 6.45) is 0. The maximum Gasteiger partial charge on any atom is 0.335 e. The first kappa shape index (κ1) is 9.98. The van der Waals surface area contributed by atoms with Crippen molar-refractivity contribution in [2.75, 3.05) is 7.11 Å². The number of hydrogen-bond acceptors (Lipinski definition) is 3. The summed E-state index contributed by atoms with van der Waals surface area (Å²) in [5, 5.41) is 0. The van der Waals surface area contributed by atoms with Crippen molar-refractivity contribution in [3.63, 3.8) is 0 Å². The summed E-state index contributed by atoms with van der Waals surface area (Å²) in [5.74, 6) is 0.0602. The molecule has 0 N–H and O–H groups in total. The number of rotatable bonds is 2. The Kier molecular flexibility index (Phi) is 2.56. The average molecular weight is 204 g/mol. The van der Waals surface area contributed by atoms with Crippen LogP contribution in [-0.2, 0) is 10.2 Å². The highest BCUT2D eigenvalue weighted by Crippen LogP contribution is 2.28. The molecule has 0 aliphatic heterocycles. The van der Waals surface area contributed by atoms with E-state index in [4.69, 9.17) is 4.74 Å². The molecular weight excluding hydrogens is 195 g/mol. The fraction of sp³-hybridized carbons (Fsp3) is 0.250. The zero-order valence-corrected chi connectivity index (χ0v) is 8.06. The first-order chi connectivity index (χ1) is 5.96. The van der Waals surface area contributed by atoms with E-state index in [0.29, 0.717) is 5.56 Å².